The summed E-state index contributed by atoms with van der Waals surface area (Å²) in [5.74, 6) is -0.653. The highest BCUT2D eigenvalue weighted by Gasteiger charge is 2.39. The van der Waals surface area contributed by atoms with Crippen molar-refractivity contribution in [3.63, 3.8) is 0 Å². The second kappa shape index (κ2) is 9.89. The van der Waals surface area contributed by atoms with E-state index in [2.05, 4.69) is 10.5 Å². The fourth-order valence-corrected chi connectivity index (χ4v) is 4.56. The lowest BCUT2D eigenvalue weighted by molar-refractivity contribution is -0.136. The number of hydrogen-bond donors (Lipinski definition) is 2. The minimum absolute atomic E-state index is 0.454. The van der Waals surface area contributed by atoms with Crippen LogP contribution in [0.4, 0.5) is 0 Å². The third kappa shape index (κ3) is 4.55. The van der Waals surface area contributed by atoms with Gasteiger partial charge in [-0.2, -0.15) is 10.2 Å². The molecule has 0 aliphatic carbocycles. The molecule has 2 heterocycles. The summed E-state index contributed by atoms with van der Waals surface area (Å²) in [7, 11) is 0. The molecule has 5 rings (SSSR count). The SMILES string of the molecule is O=C(N/N=C\c1cn(-c2ccccc2)nc1-c1cccs1)C(O)(c1ccccc1)c1ccccc1. The van der Waals surface area contributed by atoms with Gasteiger partial charge in [0.05, 0.1) is 16.8 Å². The molecule has 6 nitrogen and oxygen atoms in total. The Morgan fingerprint density at radius 2 is 1.49 bits per heavy atom. The van der Waals surface area contributed by atoms with Gasteiger partial charge in [0.25, 0.3) is 5.91 Å². The molecule has 0 aliphatic heterocycles. The summed E-state index contributed by atoms with van der Waals surface area (Å²) in [6.45, 7) is 0. The minimum Gasteiger partial charge on any atom is -0.372 e. The van der Waals surface area contributed by atoms with Crippen molar-refractivity contribution in [3.8, 4) is 16.3 Å². The molecule has 0 spiro atoms. The van der Waals surface area contributed by atoms with Gasteiger partial charge in [0.1, 0.15) is 5.69 Å². The third-order valence-corrected chi connectivity index (χ3v) is 6.48. The van der Waals surface area contributed by atoms with Crippen LogP contribution in [0.2, 0.25) is 0 Å². The monoisotopic (exact) mass is 478 g/mol. The largest absolute Gasteiger partial charge is 0.372 e. The molecule has 0 aliphatic rings. The Morgan fingerprint density at radius 1 is 0.886 bits per heavy atom. The second-order valence-corrected chi connectivity index (χ2v) is 8.78. The molecule has 0 saturated carbocycles. The second-order valence-electron chi connectivity index (χ2n) is 7.83. The average molecular weight is 479 g/mol. The van der Waals surface area contributed by atoms with Gasteiger partial charge in [-0.05, 0) is 34.7 Å². The lowest BCUT2D eigenvalue weighted by atomic mass is 9.85. The number of amides is 1. The Hall–Kier alpha value is -4.33. The Morgan fingerprint density at radius 3 is 2.06 bits per heavy atom. The van der Waals surface area contributed by atoms with Gasteiger partial charge in [-0.25, -0.2) is 10.1 Å². The molecule has 35 heavy (non-hydrogen) atoms. The number of benzene rings is 3. The maximum absolute atomic E-state index is 13.3. The fraction of sp³-hybridized carbons (Fsp3) is 0.0357. The predicted molar refractivity (Wildman–Crippen MR) is 138 cm³/mol. The smallest absolute Gasteiger partial charge is 0.281 e. The van der Waals surface area contributed by atoms with Gasteiger partial charge in [0.15, 0.2) is 5.60 Å². The highest BCUT2D eigenvalue weighted by atomic mass is 32.1. The van der Waals surface area contributed by atoms with Crippen LogP contribution in [0.3, 0.4) is 0 Å². The number of aromatic nitrogens is 2. The topological polar surface area (TPSA) is 79.5 Å². The molecule has 0 fully saturated rings. The van der Waals surface area contributed by atoms with E-state index in [0.717, 1.165) is 21.8 Å². The van der Waals surface area contributed by atoms with Crippen LogP contribution < -0.4 is 5.43 Å². The highest BCUT2D eigenvalue weighted by Crippen LogP contribution is 2.30. The van der Waals surface area contributed by atoms with Crippen LogP contribution in [0.1, 0.15) is 16.7 Å². The normalized spacial score (nSPS) is 11.6. The van der Waals surface area contributed by atoms with E-state index in [1.807, 2.05) is 66.2 Å². The van der Waals surface area contributed by atoms with Crippen LogP contribution in [0.15, 0.2) is 120 Å². The van der Waals surface area contributed by atoms with E-state index < -0.39 is 11.5 Å². The molecular formula is C28H22N4O2S. The van der Waals surface area contributed by atoms with Crippen molar-refractivity contribution in [3.05, 3.63) is 131 Å². The van der Waals surface area contributed by atoms with E-state index in [1.165, 1.54) is 0 Å². The van der Waals surface area contributed by atoms with Gasteiger partial charge in [-0.1, -0.05) is 84.9 Å². The third-order valence-electron chi connectivity index (χ3n) is 5.60. The van der Waals surface area contributed by atoms with Crippen LogP contribution in [0.5, 0.6) is 0 Å². The summed E-state index contributed by atoms with van der Waals surface area (Å²) in [5, 5.41) is 22.5. The molecule has 2 aromatic heterocycles. The van der Waals surface area contributed by atoms with Gasteiger partial charge >= 0.3 is 0 Å². The molecule has 1 amide bonds. The zero-order valence-electron chi connectivity index (χ0n) is 18.7. The van der Waals surface area contributed by atoms with Crippen LogP contribution in [0, 0.1) is 0 Å². The summed E-state index contributed by atoms with van der Waals surface area (Å²) in [4.78, 5) is 14.3. The lowest BCUT2D eigenvalue weighted by Gasteiger charge is -2.27. The average Bonchev–Trinajstić information content (AvgIpc) is 3.60. The molecular weight excluding hydrogens is 456 g/mol. The van der Waals surface area contributed by atoms with Gasteiger partial charge in [0.2, 0.25) is 0 Å². The van der Waals surface area contributed by atoms with E-state index in [-0.39, 0.29) is 0 Å². The number of nitrogens with zero attached hydrogens (tertiary/aromatic N) is 3. The van der Waals surface area contributed by atoms with Gasteiger partial charge in [0, 0.05) is 11.8 Å². The molecule has 3 aromatic carbocycles. The zero-order valence-corrected chi connectivity index (χ0v) is 19.5. The van der Waals surface area contributed by atoms with E-state index in [9.17, 15) is 9.90 Å². The van der Waals surface area contributed by atoms with Crippen molar-refractivity contribution in [2.75, 3.05) is 0 Å². The Bertz CT molecular complexity index is 1390. The van der Waals surface area contributed by atoms with E-state index in [4.69, 9.17) is 5.10 Å². The maximum atomic E-state index is 13.3. The van der Waals surface area contributed by atoms with Crippen molar-refractivity contribution in [1.82, 2.24) is 15.2 Å². The summed E-state index contributed by atoms with van der Waals surface area (Å²) < 4.78 is 1.78. The summed E-state index contributed by atoms with van der Waals surface area (Å²) >= 11 is 1.57. The summed E-state index contributed by atoms with van der Waals surface area (Å²) in [6.07, 6.45) is 3.41. The molecule has 0 saturated heterocycles. The number of carbonyl (C=O) groups excluding carboxylic acids is 1. The van der Waals surface area contributed by atoms with Crippen LogP contribution >= 0.6 is 11.3 Å². The quantitative estimate of drug-likeness (QED) is 0.256. The number of hydrazone groups is 1. The molecule has 0 atom stereocenters. The number of aliphatic hydroxyl groups is 1. The van der Waals surface area contributed by atoms with E-state index >= 15 is 0 Å². The first kappa shape index (κ1) is 22.5. The number of thiophene rings is 1. The van der Waals surface area contributed by atoms with E-state index in [0.29, 0.717) is 11.1 Å². The number of hydrogen-bond acceptors (Lipinski definition) is 5. The van der Waals surface area contributed by atoms with Crippen LogP contribution in [-0.2, 0) is 10.4 Å². The first-order valence-electron chi connectivity index (χ1n) is 11.0. The predicted octanol–water partition coefficient (Wildman–Crippen LogP) is 4.99. The lowest BCUT2D eigenvalue weighted by Crippen LogP contribution is -2.43. The molecule has 172 valence electrons. The van der Waals surface area contributed by atoms with Gasteiger partial charge in [-0.15, -0.1) is 11.3 Å². The maximum Gasteiger partial charge on any atom is 0.281 e. The van der Waals surface area contributed by atoms with Crippen LogP contribution in [0.25, 0.3) is 16.3 Å². The molecule has 7 heteroatoms. The highest BCUT2D eigenvalue weighted by molar-refractivity contribution is 7.13. The Balaban J connectivity index is 1.46. The van der Waals surface area contributed by atoms with Crippen molar-refractivity contribution in [2.45, 2.75) is 5.60 Å². The van der Waals surface area contributed by atoms with Crippen molar-refractivity contribution < 1.29 is 9.90 Å². The zero-order chi connectivity index (χ0) is 24.1. The number of carbonyl (C=O) groups is 1. The van der Waals surface area contributed by atoms with E-state index in [1.54, 1.807) is 70.8 Å². The molecule has 0 bridgehead atoms. The van der Waals surface area contributed by atoms with Crippen molar-refractivity contribution in [1.29, 1.82) is 0 Å². The van der Waals surface area contributed by atoms with Crippen molar-refractivity contribution in [2.24, 2.45) is 5.10 Å². The van der Waals surface area contributed by atoms with Crippen LogP contribution in [-0.4, -0.2) is 27.0 Å². The fourth-order valence-electron chi connectivity index (χ4n) is 3.83. The van der Waals surface area contributed by atoms with Crippen molar-refractivity contribution >= 4 is 23.5 Å². The molecule has 0 unspecified atom stereocenters. The number of rotatable bonds is 7. The minimum atomic E-state index is -1.90. The van der Waals surface area contributed by atoms with Gasteiger partial charge in [-0.3, -0.25) is 4.79 Å². The number of nitrogens with one attached hydrogen (secondary N) is 1. The first-order chi connectivity index (χ1) is 17.2. The Labute approximate surface area is 206 Å². The number of para-hydroxylation sites is 1. The Kier molecular flexibility index (Phi) is 6.34. The standard InChI is InChI=1S/C28H22N4O2S/c33-27(28(34,22-11-4-1-5-12-22)23-13-6-2-7-14-23)30-29-19-21-20-32(24-15-8-3-9-16-24)31-26(21)25-17-10-18-35-25/h1-20,34H,(H,30,33)/b29-19-. The molecule has 2 N–H and O–H groups in total. The summed E-state index contributed by atoms with van der Waals surface area (Å²) in [5.41, 5.74) is 3.95. The van der Waals surface area contributed by atoms with Gasteiger partial charge < -0.3 is 5.11 Å². The molecule has 5 aromatic rings. The summed E-state index contributed by atoms with van der Waals surface area (Å²) in [6, 6.07) is 31.4. The first-order valence-corrected chi connectivity index (χ1v) is 11.9. The molecule has 0 radical (unpaired) electrons.